The van der Waals surface area contributed by atoms with E-state index < -0.39 is 23.8 Å². The minimum Gasteiger partial charge on any atom is -0.482 e. The van der Waals surface area contributed by atoms with Crippen LogP contribution < -0.4 is 15.4 Å². The molecule has 1 aromatic carbocycles. The van der Waals surface area contributed by atoms with Gasteiger partial charge in [-0.1, -0.05) is 24.3 Å². The molecule has 1 aliphatic rings. The van der Waals surface area contributed by atoms with E-state index in [1.54, 1.807) is 30.3 Å². The Hall–Kier alpha value is -3.42. The molecule has 0 radical (unpaired) electrons. The van der Waals surface area contributed by atoms with Crippen LogP contribution in [0.5, 0.6) is 5.75 Å². The minimum absolute atomic E-state index is 0.163. The van der Waals surface area contributed by atoms with E-state index in [1.807, 2.05) is 10.6 Å². The number of hydrogen-bond donors (Lipinski definition) is 2. The van der Waals surface area contributed by atoms with Gasteiger partial charge in [-0.25, -0.2) is 9.59 Å². The molecule has 0 saturated carbocycles. The summed E-state index contributed by atoms with van der Waals surface area (Å²) < 4.78 is 9.67. The molecule has 0 atom stereocenters. The van der Waals surface area contributed by atoms with Crippen molar-refractivity contribution in [1.29, 1.82) is 0 Å². The number of carbonyl (C=O) groups is 4. The average Bonchev–Trinajstić information content (AvgIpc) is 2.56. The second-order valence-corrected chi connectivity index (χ2v) is 4.61. The Bertz CT molecular complexity index is 711. The maximum absolute atomic E-state index is 11.5. The number of hydrogen-bond acceptors (Lipinski definition) is 6. The highest BCUT2D eigenvalue weighted by Gasteiger charge is 2.26. The van der Waals surface area contributed by atoms with E-state index in [-0.39, 0.29) is 12.2 Å². The minimum atomic E-state index is -0.839. The number of nitrogens with one attached hydrogen (secondary N) is 2. The molecule has 124 valence electrons. The summed E-state index contributed by atoms with van der Waals surface area (Å²) in [6, 6.07) is 5.94. The summed E-state index contributed by atoms with van der Waals surface area (Å²) in [6.07, 6.45) is 4.47. The predicted octanol–water partition coefficient (Wildman–Crippen LogP) is 0.544. The van der Waals surface area contributed by atoms with Crippen molar-refractivity contribution in [3.8, 4) is 5.75 Å². The van der Waals surface area contributed by atoms with Crippen molar-refractivity contribution in [3.63, 3.8) is 0 Å². The van der Waals surface area contributed by atoms with Crippen LogP contribution in [0.15, 0.2) is 42.0 Å². The van der Waals surface area contributed by atoms with Crippen LogP contribution in [0, 0.1) is 0 Å². The summed E-state index contributed by atoms with van der Waals surface area (Å²) >= 11 is 0. The van der Waals surface area contributed by atoms with E-state index in [9.17, 15) is 19.2 Å². The molecule has 4 amide bonds. The molecule has 2 N–H and O–H groups in total. The summed E-state index contributed by atoms with van der Waals surface area (Å²) in [4.78, 5) is 44.9. The lowest BCUT2D eigenvalue weighted by molar-refractivity contribution is -0.143. The molecule has 1 saturated heterocycles. The quantitative estimate of drug-likeness (QED) is 0.463. The van der Waals surface area contributed by atoms with Gasteiger partial charge < -0.3 is 9.47 Å². The molecule has 0 aliphatic carbocycles. The summed E-state index contributed by atoms with van der Waals surface area (Å²) in [5.41, 5.74) is 0.619. The smallest absolute Gasteiger partial charge is 0.343 e. The van der Waals surface area contributed by atoms with Crippen LogP contribution in [0.4, 0.5) is 4.79 Å². The number of barbiturate groups is 1. The molecular weight excluding hydrogens is 316 g/mol. The Morgan fingerprint density at radius 1 is 1.08 bits per heavy atom. The molecule has 0 aromatic heterocycles. The number of benzene rings is 1. The molecule has 8 nitrogen and oxygen atoms in total. The standard InChI is InChI=1S/C16H14N2O6/c1-23-13(19)9-24-11-7-5-10(6-8-11)3-2-4-12-14(20)17-16(22)18-15(12)21/h2-8H,9H2,1H3,(H2,17,18,20,21,22)/b3-2+. The highest BCUT2D eigenvalue weighted by atomic mass is 16.6. The summed E-state index contributed by atoms with van der Waals surface area (Å²) in [5, 5.41) is 3.96. The number of ether oxygens (including phenoxy) is 2. The maximum Gasteiger partial charge on any atom is 0.343 e. The lowest BCUT2D eigenvalue weighted by Crippen LogP contribution is -2.51. The first-order chi connectivity index (χ1) is 11.5. The molecular formula is C16H14N2O6. The van der Waals surface area contributed by atoms with Gasteiger partial charge in [-0.05, 0) is 23.8 Å². The van der Waals surface area contributed by atoms with E-state index in [2.05, 4.69) is 4.74 Å². The van der Waals surface area contributed by atoms with Crippen LogP contribution in [0.2, 0.25) is 0 Å². The lowest BCUT2D eigenvalue weighted by Gasteiger charge is -2.12. The summed E-state index contributed by atoms with van der Waals surface area (Å²) in [5.74, 6) is -1.48. The van der Waals surface area contributed by atoms with Crippen molar-refractivity contribution < 1.29 is 28.7 Å². The van der Waals surface area contributed by atoms with Crippen molar-refractivity contribution in [3.05, 3.63) is 47.6 Å². The van der Waals surface area contributed by atoms with Gasteiger partial charge in [-0.2, -0.15) is 0 Å². The molecule has 1 fully saturated rings. The van der Waals surface area contributed by atoms with Gasteiger partial charge in [-0.3, -0.25) is 20.2 Å². The topological polar surface area (TPSA) is 111 Å². The zero-order valence-corrected chi connectivity index (χ0v) is 12.7. The van der Waals surface area contributed by atoms with Gasteiger partial charge in [0.1, 0.15) is 11.3 Å². The first-order valence-corrected chi connectivity index (χ1v) is 6.84. The molecule has 24 heavy (non-hydrogen) atoms. The highest BCUT2D eigenvalue weighted by molar-refractivity contribution is 6.29. The van der Waals surface area contributed by atoms with Crippen LogP contribution in [-0.4, -0.2) is 37.5 Å². The third-order valence-electron chi connectivity index (χ3n) is 2.96. The molecule has 1 aromatic rings. The van der Waals surface area contributed by atoms with Gasteiger partial charge in [0, 0.05) is 0 Å². The Morgan fingerprint density at radius 3 is 2.29 bits per heavy atom. The lowest BCUT2D eigenvalue weighted by atomic mass is 10.1. The van der Waals surface area contributed by atoms with Gasteiger partial charge in [0.2, 0.25) is 0 Å². The first kappa shape index (κ1) is 16.9. The van der Waals surface area contributed by atoms with E-state index in [1.165, 1.54) is 19.3 Å². The number of esters is 1. The van der Waals surface area contributed by atoms with Gasteiger partial charge >= 0.3 is 12.0 Å². The SMILES string of the molecule is COC(=O)COc1ccc(/C=C/C=C2C(=O)NC(=O)NC2=O)cc1. The van der Waals surface area contributed by atoms with Gasteiger partial charge in [0.05, 0.1) is 7.11 Å². The van der Waals surface area contributed by atoms with Crippen molar-refractivity contribution in [2.45, 2.75) is 0 Å². The van der Waals surface area contributed by atoms with Gasteiger partial charge in [-0.15, -0.1) is 0 Å². The number of rotatable bonds is 5. The van der Waals surface area contributed by atoms with Crippen LogP contribution in [0.3, 0.4) is 0 Å². The fourth-order valence-electron chi connectivity index (χ4n) is 1.76. The van der Waals surface area contributed by atoms with Crippen LogP contribution in [-0.2, 0) is 19.1 Å². The van der Waals surface area contributed by atoms with Crippen molar-refractivity contribution in [1.82, 2.24) is 10.6 Å². The van der Waals surface area contributed by atoms with E-state index >= 15 is 0 Å². The molecule has 0 spiro atoms. The third kappa shape index (κ3) is 4.54. The number of imide groups is 2. The monoisotopic (exact) mass is 330 g/mol. The maximum atomic E-state index is 11.5. The fraction of sp³-hybridized carbons (Fsp3) is 0.125. The average molecular weight is 330 g/mol. The zero-order valence-electron chi connectivity index (χ0n) is 12.7. The highest BCUT2D eigenvalue weighted by Crippen LogP contribution is 2.13. The molecule has 1 aliphatic heterocycles. The Balaban J connectivity index is 1.98. The molecule has 0 bridgehead atoms. The van der Waals surface area contributed by atoms with Crippen molar-refractivity contribution >= 4 is 29.9 Å². The Morgan fingerprint density at radius 2 is 1.71 bits per heavy atom. The Labute approximate surface area is 137 Å². The zero-order chi connectivity index (χ0) is 17.5. The molecule has 2 rings (SSSR count). The molecule has 0 unspecified atom stereocenters. The number of allylic oxidation sites excluding steroid dienone is 2. The fourth-order valence-corrected chi connectivity index (χ4v) is 1.76. The van der Waals surface area contributed by atoms with Crippen LogP contribution in [0.25, 0.3) is 6.08 Å². The van der Waals surface area contributed by atoms with Crippen LogP contribution >= 0.6 is 0 Å². The second kappa shape index (κ2) is 7.73. The first-order valence-electron chi connectivity index (χ1n) is 6.84. The van der Waals surface area contributed by atoms with E-state index in [0.717, 1.165) is 5.56 Å². The number of methoxy groups -OCH3 is 1. The van der Waals surface area contributed by atoms with Gasteiger partial charge in [0.25, 0.3) is 11.8 Å². The number of urea groups is 1. The summed E-state index contributed by atoms with van der Waals surface area (Å²) in [7, 11) is 1.27. The molecule has 8 heteroatoms. The predicted molar refractivity (Wildman–Crippen MR) is 82.8 cm³/mol. The number of carbonyl (C=O) groups excluding carboxylic acids is 4. The van der Waals surface area contributed by atoms with Crippen molar-refractivity contribution in [2.75, 3.05) is 13.7 Å². The van der Waals surface area contributed by atoms with Crippen molar-refractivity contribution in [2.24, 2.45) is 0 Å². The summed E-state index contributed by atoms with van der Waals surface area (Å²) in [6.45, 7) is -0.180. The molecule has 1 heterocycles. The number of amides is 4. The Kier molecular flexibility index (Phi) is 5.45. The largest absolute Gasteiger partial charge is 0.482 e. The normalized spacial score (nSPS) is 14.2. The van der Waals surface area contributed by atoms with E-state index in [4.69, 9.17) is 4.74 Å². The second-order valence-electron chi connectivity index (χ2n) is 4.61. The third-order valence-corrected chi connectivity index (χ3v) is 2.96. The van der Waals surface area contributed by atoms with Crippen LogP contribution in [0.1, 0.15) is 5.56 Å². The van der Waals surface area contributed by atoms with Gasteiger partial charge in [0.15, 0.2) is 6.61 Å². The van der Waals surface area contributed by atoms with E-state index in [0.29, 0.717) is 5.75 Å².